The highest BCUT2D eigenvalue weighted by atomic mass is 16.6. The minimum atomic E-state index is -0.460. The lowest BCUT2D eigenvalue weighted by atomic mass is 10.1. The van der Waals surface area contributed by atoms with Crippen molar-refractivity contribution in [2.24, 2.45) is 5.92 Å². The number of alkyl carbamates (subject to hydrolysis) is 1. The molecular formula is C16H26N4O2. The summed E-state index contributed by atoms with van der Waals surface area (Å²) in [6.07, 6.45) is 0.667. The summed E-state index contributed by atoms with van der Waals surface area (Å²) < 4.78 is 5.25. The molecule has 2 rings (SSSR count). The lowest BCUT2D eigenvalue weighted by molar-refractivity contribution is 0.0520. The molecule has 1 aliphatic heterocycles. The zero-order valence-electron chi connectivity index (χ0n) is 14.1. The van der Waals surface area contributed by atoms with Gasteiger partial charge in [0.25, 0.3) is 0 Å². The number of hydrogen-bond acceptors (Lipinski definition) is 5. The fraction of sp³-hybridized carbons (Fsp3) is 0.688. The topological polar surface area (TPSA) is 67.4 Å². The van der Waals surface area contributed by atoms with Gasteiger partial charge in [-0.3, -0.25) is 0 Å². The first-order valence-electron chi connectivity index (χ1n) is 7.77. The molecule has 2 heterocycles. The number of anilines is 1. The van der Waals surface area contributed by atoms with Crippen LogP contribution in [-0.4, -0.2) is 41.3 Å². The molecule has 6 heteroatoms. The molecule has 1 aliphatic rings. The summed E-state index contributed by atoms with van der Waals surface area (Å²) in [5.41, 5.74) is 1.51. The van der Waals surface area contributed by atoms with Gasteiger partial charge in [-0.15, -0.1) is 0 Å². The third-order valence-electron chi connectivity index (χ3n) is 3.47. The lowest BCUT2D eigenvalue weighted by Gasteiger charge is -2.21. The number of hydrogen-bond donors (Lipinski definition) is 1. The Bertz CT molecular complexity index is 519. The van der Waals surface area contributed by atoms with Crippen LogP contribution in [0.3, 0.4) is 0 Å². The Morgan fingerprint density at radius 1 is 1.36 bits per heavy atom. The number of nitrogens with one attached hydrogen (secondary N) is 1. The van der Waals surface area contributed by atoms with Crippen LogP contribution in [0, 0.1) is 19.8 Å². The van der Waals surface area contributed by atoms with E-state index in [1.807, 2.05) is 40.7 Å². The van der Waals surface area contributed by atoms with Gasteiger partial charge in [0, 0.05) is 31.0 Å². The summed E-state index contributed by atoms with van der Waals surface area (Å²) in [4.78, 5) is 22.9. The van der Waals surface area contributed by atoms with E-state index in [2.05, 4.69) is 20.2 Å². The van der Waals surface area contributed by atoms with Crippen molar-refractivity contribution >= 4 is 12.0 Å². The lowest BCUT2D eigenvalue weighted by Crippen LogP contribution is -2.36. The number of aromatic nitrogens is 2. The van der Waals surface area contributed by atoms with Crippen molar-refractivity contribution in [2.75, 3.05) is 24.5 Å². The Morgan fingerprint density at radius 3 is 2.59 bits per heavy atom. The van der Waals surface area contributed by atoms with E-state index < -0.39 is 5.60 Å². The Hall–Kier alpha value is -1.85. The van der Waals surface area contributed by atoms with Crippen molar-refractivity contribution in [1.82, 2.24) is 15.3 Å². The van der Waals surface area contributed by atoms with Crippen molar-refractivity contribution in [3.63, 3.8) is 0 Å². The van der Waals surface area contributed by atoms with E-state index >= 15 is 0 Å². The summed E-state index contributed by atoms with van der Waals surface area (Å²) in [7, 11) is 0. The standard InChI is InChI=1S/C16H26N4O2/c1-11-8-12(2)19-14(18-11)20-7-6-13(10-20)9-17-15(21)22-16(3,4)5/h8,13H,6-7,9-10H2,1-5H3,(H,17,21). The fourth-order valence-corrected chi connectivity index (χ4v) is 2.57. The monoisotopic (exact) mass is 306 g/mol. The van der Waals surface area contributed by atoms with Crippen LogP contribution in [0.4, 0.5) is 10.7 Å². The Balaban J connectivity index is 1.84. The van der Waals surface area contributed by atoms with Crippen LogP contribution in [-0.2, 0) is 4.74 Å². The van der Waals surface area contributed by atoms with Gasteiger partial charge in [0.2, 0.25) is 5.95 Å². The molecule has 0 bridgehead atoms. The van der Waals surface area contributed by atoms with Gasteiger partial charge in [-0.25, -0.2) is 14.8 Å². The largest absolute Gasteiger partial charge is 0.444 e. The van der Waals surface area contributed by atoms with E-state index in [1.54, 1.807) is 0 Å². The normalized spacial score (nSPS) is 18.4. The van der Waals surface area contributed by atoms with Gasteiger partial charge in [0.05, 0.1) is 0 Å². The summed E-state index contributed by atoms with van der Waals surface area (Å²) in [5.74, 6) is 1.19. The van der Waals surface area contributed by atoms with Gasteiger partial charge in [-0.2, -0.15) is 0 Å². The van der Waals surface area contributed by atoms with Crippen molar-refractivity contribution < 1.29 is 9.53 Å². The van der Waals surface area contributed by atoms with Crippen LogP contribution in [0.1, 0.15) is 38.6 Å². The predicted molar refractivity (Wildman–Crippen MR) is 86.1 cm³/mol. The molecule has 0 spiro atoms. The van der Waals surface area contributed by atoms with Crippen molar-refractivity contribution in [1.29, 1.82) is 0 Å². The first kappa shape index (κ1) is 16.5. The summed E-state index contributed by atoms with van der Waals surface area (Å²) >= 11 is 0. The third kappa shape index (κ3) is 4.86. The highest BCUT2D eigenvalue weighted by Crippen LogP contribution is 2.21. The Kier molecular flexibility index (Phi) is 4.88. The van der Waals surface area contributed by atoms with E-state index in [-0.39, 0.29) is 6.09 Å². The SMILES string of the molecule is Cc1cc(C)nc(N2CCC(CNC(=O)OC(C)(C)C)C2)n1. The molecule has 0 aliphatic carbocycles. The van der Waals surface area contributed by atoms with Crippen LogP contribution < -0.4 is 10.2 Å². The van der Waals surface area contributed by atoms with Crippen molar-refractivity contribution in [3.8, 4) is 0 Å². The maximum absolute atomic E-state index is 11.7. The average Bonchev–Trinajstić information content (AvgIpc) is 2.82. The fourth-order valence-electron chi connectivity index (χ4n) is 2.57. The molecule has 1 saturated heterocycles. The molecule has 22 heavy (non-hydrogen) atoms. The number of nitrogens with zero attached hydrogens (tertiary/aromatic N) is 3. The molecular weight excluding hydrogens is 280 g/mol. The number of rotatable bonds is 3. The summed E-state index contributed by atoms with van der Waals surface area (Å²) in [6.45, 7) is 12.0. The van der Waals surface area contributed by atoms with E-state index in [0.29, 0.717) is 12.5 Å². The maximum Gasteiger partial charge on any atom is 0.407 e. The van der Waals surface area contributed by atoms with Crippen LogP contribution in [0.15, 0.2) is 6.07 Å². The third-order valence-corrected chi connectivity index (χ3v) is 3.47. The highest BCUT2D eigenvalue weighted by molar-refractivity contribution is 5.67. The van der Waals surface area contributed by atoms with Crippen LogP contribution in [0.25, 0.3) is 0 Å². The quantitative estimate of drug-likeness (QED) is 0.929. The molecule has 1 atom stereocenters. The highest BCUT2D eigenvalue weighted by Gasteiger charge is 2.25. The van der Waals surface area contributed by atoms with Crippen LogP contribution in [0.5, 0.6) is 0 Å². The number of carbonyl (C=O) groups excluding carboxylic acids is 1. The van der Waals surface area contributed by atoms with Crippen LogP contribution >= 0.6 is 0 Å². The number of amides is 1. The van der Waals surface area contributed by atoms with E-state index in [0.717, 1.165) is 36.8 Å². The first-order valence-corrected chi connectivity index (χ1v) is 7.77. The number of aryl methyl sites for hydroxylation is 2. The summed E-state index contributed by atoms with van der Waals surface area (Å²) in [6, 6.07) is 1.97. The van der Waals surface area contributed by atoms with Gasteiger partial charge in [0.1, 0.15) is 5.60 Å². The second-order valence-electron chi connectivity index (χ2n) is 6.93. The number of ether oxygens (including phenoxy) is 1. The molecule has 1 aromatic rings. The van der Waals surface area contributed by atoms with Crippen molar-refractivity contribution in [3.05, 3.63) is 17.5 Å². The van der Waals surface area contributed by atoms with E-state index in [4.69, 9.17) is 4.74 Å². The molecule has 0 saturated carbocycles. The van der Waals surface area contributed by atoms with E-state index in [1.165, 1.54) is 0 Å². The average molecular weight is 306 g/mol. The Labute approximate surface area is 132 Å². The molecule has 122 valence electrons. The first-order chi connectivity index (χ1) is 10.2. The van der Waals surface area contributed by atoms with Gasteiger partial charge in [-0.05, 0) is 53.0 Å². The van der Waals surface area contributed by atoms with Gasteiger partial charge in [-0.1, -0.05) is 0 Å². The van der Waals surface area contributed by atoms with Crippen molar-refractivity contribution in [2.45, 2.75) is 46.6 Å². The minimum absolute atomic E-state index is 0.353. The molecule has 0 radical (unpaired) electrons. The molecule has 0 aromatic carbocycles. The summed E-state index contributed by atoms with van der Waals surface area (Å²) in [5, 5.41) is 2.85. The van der Waals surface area contributed by atoms with Gasteiger partial charge < -0.3 is 15.0 Å². The number of carbonyl (C=O) groups is 1. The second kappa shape index (κ2) is 6.50. The second-order valence-corrected chi connectivity index (χ2v) is 6.93. The minimum Gasteiger partial charge on any atom is -0.444 e. The molecule has 1 N–H and O–H groups in total. The van der Waals surface area contributed by atoms with Crippen LogP contribution in [0.2, 0.25) is 0 Å². The molecule has 1 unspecified atom stereocenters. The zero-order chi connectivity index (χ0) is 16.3. The van der Waals surface area contributed by atoms with E-state index in [9.17, 15) is 4.79 Å². The molecule has 1 aromatic heterocycles. The van der Waals surface area contributed by atoms with Gasteiger partial charge >= 0.3 is 6.09 Å². The smallest absolute Gasteiger partial charge is 0.407 e. The Morgan fingerprint density at radius 2 is 2.00 bits per heavy atom. The zero-order valence-corrected chi connectivity index (χ0v) is 14.1. The molecule has 1 amide bonds. The molecule has 1 fully saturated rings. The van der Waals surface area contributed by atoms with Gasteiger partial charge in [0.15, 0.2) is 0 Å². The maximum atomic E-state index is 11.7. The molecule has 6 nitrogen and oxygen atoms in total. The predicted octanol–water partition coefficient (Wildman–Crippen LogP) is 2.44.